The summed E-state index contributed by atoms with van der Waals surface area (Å²) in [7, 11) is 0. The van der Waals surface area contributed by atoms with Gasteiger partial charge in [0.05, 0.1) is 71.4 Å². The summed E-state index contributed by atoms with van der Waals surface area (Å²) < 4.78 is 26.0. The van der Waals surface area contributed by atoms with E-state index in [1.165, 1.54) is 211 Å². The third-order valence-corrected chi connectivity index (χ3v) is 17.3. The molecule has 4 amide bonds. The van der Waals surface area contributed by atoms with Gasteiger partial charge < -0.3 is 40.2 Å². The lowest BCUT2D eigenvalue weighted by Crippen LogP contribution is -2.18. The van der Waals surface area contributed by atoms with Gasteiger partial charge in [-0.2, -0.15) is 0 Å². The van der Waals surface area contributed by atoms with Gasteiger partial charge in [0, 0.05) is 49.3 Å². The fourth-order valence-electron chi connectivity index (χ4n) is 11.5. The number of carbonyl (C=O) groups is 4. The zero-order valence-corrected chi connectivity index (χ0v) is 58.4. The number of aromatic nitrogens is 3. The molecule has 0 aliphatic carbocycles. The van der Waals surface area contributed by atoms with Crippen LogP contribution in [0, 0.1) is 0 Å². The number of unbranched alkanes of at least 4 members (excludes halogenated alkanes) is 36. The van der Waals surface area contributed by atoms with Gasteiger partial charge in [0.1, 0.15) is 23.0 Å². The average molecular weight is 1290 g/mol. The number of nitrogens with one attached hydrogen (secondary N) is 4. The molecule has 0 bridgehead atoms. The summed E-state index contributed by atoms with van der Waals surface area (Å²) >= 11 is 0. The third kappa shape index (κ3) is 32.9. The highest BCUT2D eigenvalue weighted by atomic mass is 16.5. The largest absolute Gasteiger partial charge is 0.491 e. The molecule has 4 N–H and O–H groups in total. The Morgan fingerprint density at radius 3 is 0.734 bits per heavy atom. The van der Waals surface area contributed by atoms with Crippen molar-refractivity contribution in [2.45, 2.75) is 285 Å². The Morgan fingerprint density at radius 2 is 0.500 bits per heavy atom. The van der Waals surface area contributed by atoms with E-state index in [1.807, 2.05) is 0 Å². The molecule has 5 rings (SSSR count). The number of carbonyl (C=O) groups excluding carboxylic acids is 4. The maximum atomic E-state index is 14.6. The number of ether oxygens (including phenoxy) is 4. The molecule has 0 unspecified atom stereocenters. The van der Waals surface area contributed by atoms with Crippen LogP contribution < -0.4 is 40.2 Å². The third-order valence-electron chi connectivity index (χ3n) is 17.3. The molecule has 0 aliphatic rings. The first-order valence-electron chi connectivity index (χ1n) is 37.1. The molecule has 0 saturated heterocycles. The smallest absolute Gasteiger partial charge is 0.257 e. The first-order chi connectivity index (χ1) is 46.2. The lowest BCUT2D eigenvalue weighted by atomic mass is 10.1. The molecular formula is C79H119N7O8. The lowest BCUT2D eigenvalue weighted by molar-refractivity contribution is 0.101. The number of hydrogen-bond donors (Lipinski definition) is 4. The van der Waals surface area contributed by atoms with Crippen LogP contribution in [0.5, 0.6) is 23.0 Å². The number of hydrogen-bond acceptors (Lipinski definition) is 11. The highest BCUT2D eigenvalue weighted by molar-refractivity contribution is 6.11. The van der Waals surface area contributed by atoms with Crippen molar-refractivity contribution >= 4 is 46.4 Å². The van der Waals surface area contributed by atoms with Gasteiger partial charge in [-0.15, -0.1) is 0 Å². The zero-order valence-electron chi connectivity index (χ0n) is 58.4. The predicted molar refractivity (Wildman–Crippen MR) is 387 cm³/mol. The van der Waals surface area contributed by atoms with Gasteiger partial charge in [-0.05, 0) is 68.1 Å². The van der Waals surface area contributed by atoms with Crippen LogP contribution in [-0.2, 0) is 0 Å². The van der Waals surface area contributed by atoms with Gasteiger partial charge in [0.25, 0.3) is 23.6 Å². The monoisotopic (exact) mass is 1290 g/mol. The van der Waals surface area contributed by atoms with E-state index in [1.54, 1.807) is 60.9 Å². The van der Waals surface area contributed by atoms with Crippen LogP contribution in [-0.4, -0.2) is 65.0 Å². The molecule has 0 saturated carbocycles. The number of rotatable bonds is 56. The van der Waals surface area contributed by atoms with Crippen LogP contribution >= 0.6 is 0 Å². The second-order valence-electron chi connectivity index (χ2n) is 25.6. The maximum Gasteiger partial charge on any atom is 0.257 e. The van der Waals surface area contributed by atoms with E-state index in [4.69, 9.17) is 18.9 Å². The molecule has 2 aromatic carbocycles. The molecule has 3 heterocycles. The van der Waals surface area contributed by atoms with Crippen LogP contribution in [0.2, 0.25) is 0 Å². The van der Waals surface area contributed by atoms with Crippen molar-refractivity contribution in [3.8, 4) is 23.0 Å². The Hall–Kier alpha value is -7.03. The summed E-state index contributed by atoms with van der Waals surface area (Å²) in [6.45, 7) is 10.7. The number of nitrogens with zero attached hydrogens (tertiary/aromatic N) is 3. The summed E-state index contributed by atoms with van der Waals surface area (Å²) in [4.78, 5) is 69.5. The Balaban J connectivity index is 1.38. The van der Waals surface area contributed by atoms with E-state index in [2.05, 4.69) is 63.9 Å². The minimum Gasteiger partial charge on any atom is -0.491 e. The van der Waals surface area contributed by atoms with Gasteiger partial charge in [0.2, 0.25) is 0 Å². The number of anilines is 4. The molecule has 5 aromatic rings. The molecule has 0 radical (unpaired) electrons. The number of pyridine rings is 3. The molecule has 0 spiro atoms. The van der Waals surface area contributed by atoms with Gasteiger partial charge >= 0.3 is 0 Å². The van der Waals surface area contributed by atoms with Crippen molar-refractivity contribution in [2.24, 2.45) is 0 Å². The van der Waals surface area contributed by atoms with E-state index < -0.39 is 23.6 Å². The second-order valence-corrected chi connectivity index (χ2v) is 25.6. The van der Waals surface area contributed by atoms with Crippen molar-refractivity contribution in [1.82, 2.24) is 15.0 Å². The Kier molecular flexibility index (Phi) is 41.6. The quantitative estimate of drug-likeness (QED) is 0.0271. The minimum atomic E-state index is -0.556. The molecule has 518 valence electrons. The lowest BCUT2D eigenvalue weighted by Gasteiger charge is -2.19. The topological polar surface area (TPSA) is 192 Å². The Bertz CT molecular complexity index is 2650. The highest BCUT2D eigenvalue weighted by Crippen LogP contribution is 2.40. The van der Waals surface area contributed by atoms with Crippen LogP contribution in [0.4, 0.5) is 22.7 Å². The molecule has 94 heavy (non-hydrogen) atoms. The molecule has 15 heteroatoms. The molecule has 0 fully saturated rings. The van der Waals surface area contributed by atoms with Crippen LogP contribution in [0.15, 0.2) is 91.8 Å². The molecule has 0 aliphatic heterocycles. The normalized spacial score (nSPS) is 11.1. The highest BCUT2D eigenvalue weighted by Gasteiger charge is 2.22. The Labute approximate surface area is 566 Å². The first-order valence-corrected chi connectivity index (χ1v) is 37.1. The minimum absolute atomic E-state index is 0.105. The van der Waals surface area contributed by atoms with Crippen LogP contribution in [0.3, 0.4) is 0 Å². The predicted octanol–water partition coefficient (Wildman–Crippen LogP) is 22.1. The van der Waals surface area contributed by atoms with Crippen molar-refractivity contribution < 1.29 is 38.1 Å². The number of amides is 4. The molecular weight excluding hydrogens is 1170 g/mol. The second kappa shape index (κ2) is 50.4. The van der Waals surface area contributed by atoms with Crippen molar-refractivity contribution in [3.05, 3.63) is 114 Å². The molecule has 15 nitrogen and oxygen atoms in total. The molecule has 0 atom stereocenters. The summed E-state index contributed by atoms with van der Waals surface area (Å²) in [6, 6.07) is 15.1. The van der Waals surface area contributed by atoms with E-state index in [0.717, 1.165) is 77.0 Å². The van der Waals surface area contributed by atoms with Gasteiger partial charge in [-0.1, -0.05) is 259 Å². The summed E-state index contributed by atoms with van der Waals surface area (Å²) in [5.74, 6) is -0.281. The first kappa shape index (κ1) is 77.7. The van der Waals surface area contributed by atoms with Gasteiger partial charge in [-0.25, -0.2) is 0 Å². The number of benzene rings is 2. The SMILES string of the molecule is CCCCCCCCCCCCOc1cc(OCCCCCCCCCCCC)c(NC(=O)c2cncc(C(=O)Nc3cc(NC(=O)c4cccnc4)c(OCCCCCCCCCCCC)cc3OCCCCCCCCCCCC)c2)cc1NC(=O)c1cccnc1. The standard InChI is InChI=1S/C79H119N7O8/c1-5-9-13-17-21-25-29-33-37-41-51-91-72-58-74(93-53-43-39-35-31-27-23-19-15-11-7-3)70(56-68(72)83-76(87)64-47-45-49-80-60-64)85-78(89)66-55-67(63-82-62-66)79(90)86-71-57-69(84-77(88)65-48-46-50-81-61-65)73(92-52-42-38-34-30-26-22-18-14-10-6-2)59-75(71)94-54-44-40-36-32-28-24-20-16-12-8-4/h45-50,55-63H,5-44,51-54H2,1-4H3,(H,83,87)(H,84,88)(H,85,89)(H,86,90). The molecule has 3 aromatic heterocycles. The van der Waals surface area contributed by atoms with Crippen molar-refractivity contribution in [3.63, 3.8) is 0 Å². The van der Waals surface area contributed by atoms with Gasteiger partial charge in [-0.3, -0.25) is 34.1 Å². The van der Waals surface area contributed by atoms with Crippen LogP contribution in [0.1, 0.15) is 326 Å². The summed E-state index contributed by atoms with van der Waals surface area (Å²) in [6.07, 6.45) is 56.3. The van der Waals surface area contributed by atoms with E-state index in [-0.39, 0.29) is 11.1 Å². The summed E-state index contributed by atoms with van der Waals surface area (Å²) in [5, 5.41) is 12.1. The van der Waals surface area contributed by atoms with Gasteiger partial charge in [0.15, 0.2) is 0 Å². The average Bonchev–Trinajstić information content (AvgIpc) is 0.848. The fraction of sp³-hybridized carbons (Fsp3) is 0.608. The van der Waals surface area contributed by atoms with Crippen LogP contribution in [0.25, 0.3) is 0 Å². The van der Waals surface area contributed by atoms with E-state index >= 15 is 0 Å². The van der Waals surface area contributed by atoms with Crippen molar-refractivity contribution in [2.75, 3.05) is 47.7 Å². The van der Waals surface area contributed by atoms with Crippen molar-refractivity contribution in [1.29, 1.82) is 0 Å². The fourth-order valence-corrected chi connectivity index (χ4v) is 11.5. The van der Waals surface area contributed by atoms with E-state index in [9.17, 15) is 19.2 Å². The van der Waals surface area contributed by atoms with E-state index in [0.29, 0.717) is 83.3 Å². The summed E-state index contributed by atoms with van der Waals surface area (Å²) in [5.41, 5.74) is 2.25. The zero-order chi connectivity index (χ0) is 66.7. The Morgan fingerprint density at radius 1 is 0.277 bits per heavy atom. The maximum absolute atomic E-state index is 14.6.